The molecule has 0 atom stereocenters. The zero-order valence-electron chi connectivity index (χ0n) is 12.6. The van der Waals surface area contributed by atoms with Crippen LogP contribution in [0.3, 0.4) is 0 Å². The molecule has 7 heteroatoms. The Morgan fingerprint density at radius 2 is 2.04 bits per heavy atom. The van der Waals surface area contributed by atoms with E-state index < -0.39 is 0 Å². The van der Waals surface area contributed by atoms with E-state index in [1.165, 1.54) is 11.3 Å². The number of halogens is 2. The first-order valence-electron chi connectivity index (χ1n) is 7.07. The minimum Gasteiger partial charge on any atom is -0.331 e. The second-order valence-electron chi connectivity index (χ2n) is 5.09. The van der Waals surface area contributed by atoms with Crippen molar-refractivity contribution in [1.29, 1.82) is 0 Å². The molecule has 2 N–H and O–H groups in total. The molecule has 4 nitrogen and oxygen atoms in total. The average Bonchev–Trinajstić information content (AvgIpc) is 2.99. The van der Waals surface area contributed by atoms with Crippen LogP contribution >= 0.6 is 38.9 Å². The fourth-order valence-corrected chi connectivity index (χ4v) is 3.19. The lowest BCUT2D eigenvalue weighted by Crippen LogP contribution is -2.12. The summed E-state index contributed by atoms with van der Waals surface area (Å²) in [6, 6.07) is 13.0. The van der Waals surface area contributed by atoms with E-state index in [1.54, 1.807) is 17.5 Å². The van der Waals surface area contributed by atoms with Crippen LogP contribution in [0.15, 0.2) is 52.3 Å². The van der Waals surface area contributed by atoms with E-state index in [-0.39, 0.29) is 5.91 Å². The molecule has 0 aliphatic rings. The van der Waals surface area contributed by atoms with Gasteiger partial charge < -0.3 is 10.6 Å². The van der Waals surface area contributed by atoms with Gasteiger partial charge in [-0.25, -0.2) is 4.98 Å². The van der Waals surface area contributed by atoms with Gasteiger partial charge in [0.05, 0.1) is 0 Å². The summed E-state index contributed by atoms with van der Waals surface area (Å²) in [6.45, 7) is 1.97. The summed E-state index contributed by atoms with van der Waals surface area (Å²) in [7, 11) is 0. The molecule has 3 aromatic rings. The van der Waals surface area contributed by atoms with Crippen molar-refractivity contribution in [1.82, 2.24) is 4.98 Å². The predicted octanol–water partition coefficient (Wildman–Crippen LogP) is 5.86. The molecular formula is C17H13BrClN3OS. The molecule has 0 radical (unpaired) electrons. The maximum atomic E-state index is 12.3. The molecule has 24 heavy (non-hydrogen) atoms. The summed E-state index contributed by atoms with van der Waals surface area (Å²) >= 11 is 10.8. The molecule has 0 aliphatic carbocycles. The molecule has 0 unspecified atom stereocenters. The highest BCUT2D eigenvalue weighted by Crippen LogP contribution is 2.24. The Morgan fingerprint density at radius 3 is 2.79 bits per heavy atom. The molecule has 0 saturated carbocycles. The van der Waals surface area contributed by atoms with Crippen LogP contribution < -0.4 is 10.6 Å². The van der Waals surface area contributed by atoms with Crippen LogP contribution in [0, 0.1) is 6.92 Å². The Bertz CT molecular complexity index is 897. The van der Waals surface area contributed by atoms with Crippen LogP contribution in [-0.4, -0.2) is 10.9 Å². The first kappa shape index (κ1) is 17.0. The lowest BCUT2D eigenvalue weighted by Gasteiger charge is -2.05. The molecule has 0 aliphatic heterocycles. The molecule has 1 aromatic heterocycles. The van der Waals surface area contributed by atoms with E-state index in [2.05, 4.69) is 31.5 Å². The van der Waals surface area contributed by atoms with Gasteiger partial charge in [0, 0.05) is 26.3 Å². The fourth-order valence-electron chi connectivity index (χ4n) is 2.04. The van der Waals surface area contributed by atoms with Gasteiger partial charge in [0.15, 0.2) is 5.13 Å². The van der Waals surface area contributed by atoms with Crippen LogP contribution in [-0.2, 0) is 0 Å². The first-order valence-corrected chi connectivity index (χ1v) is 9.12. The molecule has 3 rings (SSSR count). The number of nitrogens with zero attached hydrogens (tertiary/aromatic N) is 1. The van der Waals surface area contributed by atoms with Crippen molar-refractivity contribution in [2.75, 3.05) is 10.6 Å². The molecule has 1 heterocycles. The first-order chi connectivity index (χ1) is 11.5. The highest BCUT2D eigenvalue weighted by atomic mass is 79.9. The molecule has 0 saturated heterocycles. The highest BCUT2D eigenvalue weighted by molar-refractivity contribution is 9.10. The van der Waals surface area contributed by atoms with Crippen molar-refractivity contribution in [3.05, 3.63) is 68.6 Å². The molecule has 2 aromatic carbocycles. The molecule has 0 spiro atoms. The predicted molar refractivity (Wildman–Crippen MR) is 104 cm³/mol. The van der Waals surface area contributed by atoms with Gasteiger partial charge in [-0.3, -0.25) is 4.79 Å². The van der Waals surface area contributed by atoms with Gasteiger partial charge in [-0.2, -0.15) is 0 Å². The normalized spacial score (nSPS) is 10.5. The number of nitrogens with one attached hydrogen (secondary N) is 2. The summed E-state index contributed by atoms with van der Waals surface area (Å²) < 4.78 is 1.00. The summed E-state index contributed by atoms with van der Waals surface area (Å²) in [5, 5.41) is 8.97. The maximum absolute atomic E-state index is 12.3. The number of aryl methyl sites for hydroxylation is 1. The Morgan fingerprint density at radius 1 is 1.21 bits per heavy atom. The van der Waals surface area contributed by atoms with Crippen molar-refractivity contribution in [3.8, 4) is 0 Å². The Kier molecular flexibility index (Phi) is 5.18. The van der Waals surface area contributed by atoms with Crippen molar-refractivity contribution >= 4 is 61.3 Å². The standard InChI is InChI=1S/C17H13BrClN3OS/c1-10-7-13(5-6-14(10)18)20-16(23)15-9-24-17(22-15)21-12-4-2-3-11(19)8-12/h2-9H,1H3,(H,20,23)(H,21,22). The second-order valence-corrected chi connectivity index (χ2v) is 7.24. The monoisotopic (exact) mass is 421 g/mol. The van der Waals surface area contributed by atoms with Gasteiger partial charge in [-0.1, -0.05) is 33.6 Å². The van der Waals surface area contributed by atoms with Crippen LogP contribution in [0.25, 0.3) is 0 Å². The lowest BCUT2D eigenvalue weighted by molar-refractivity contribution is 0.102. The minimum atomic E-state index is -0.243. The number of aromatic nitrogens is 1. The molecule has 122 valence electrons. The van der Waals surface area contributed by atoms with Crippen LogP contribution in [0.2, 0.25) is 5.02 Å². The van der Waals surface area contributed by atoms with Gasteiger partial charge >= 0.3 is 0 Å². The Labute approximate surface area is 157 Å². The number of rotatable bonds is 4. The van der Waals surface area contributed by atoms with E-state index in [0.717, 1.165) is 21.4 Å². The van der Waals surface area contributed by atoms with E-state index in [1.807, 2.05) is 37.3 Å². The zero-order chi connectivity index (χ0) is 17.1. The quantitative estimate of drug-likeness (QED) is 0.553. The van der Waals surface area contributed by atoms with Crippen molar-refractivity contribution in [2.45, 2.75) is 6.92 Å². The number of benzene rings is 2. The second kappa shape index (κ2) is 7.34. The van der Waals surface area contributed by atoms with E-state index in [0.29, 0.717) is 15.8 Å². The molecule has 0 fully saturated rings. The lowest BCUT2D eigenvalue weighted by atomic mass is 10.2. The van der Waals surface area contributed by atoms with Gasteiger partial charge in [0.1, 0.15) is 5.69 Å². The van der Waals surface area contributed by atoms with Crippen LogP contribution in [0.1, 0.15) is 16.1 Å². The number of thiazole rings is 1. The van der Waals surface area contributed by atoms with E-state index >= 15 is 0 Å². The van der Waals surface area contributed by atoms with E-state index in [4.69, 9.17) is 11.6 Å². The topological polar surface area (TPSA) is 54.0 Å². The van der Waals surface area contributed by atoms with Crippen LogP contribution in [0.4, 0.5) is 16.5 Å². The van der Waals surface area contributed by atoms with Gasteiger partial charge in [0.2, 0.25) is 0 Å². The maximum Gasteiger partial charge on any atom is 0.275 e. The molecular weight excluding hydrogens is 410 g/mol. The summed E-state index contributed by atoms with van der Waals surface area (Å²) in [5.41, 5.74) is 2.98. The number of hydrogen-bond acceptors (Lipinski definition) is 4. The fraction of sp³-hybridized carbons (Fsp3) is 0.0588. The smallest absolute Gasteiger partial charge is 0.275 e. The summed E-state index contributed by atoms with van der Waals surface area (Å²) in [4.78, 5) is 16.6. The number of hydrogen-bond donors (Lipinski definition) is 2. The molecule has 0 bridgehead atoms. The third-order valence-corrected chi connectivity index (χ3v) is 5.11. The number of carbonyl (C=O) groups is 1. The summed E-state index contributed by atoms with van der Waals surface area (Å²) in [6.07, 6.45) is 0. The zero-order valence-corrected chi connectivity index (χ0v) is 15.8. The largest absolute Gasteiger partial charge is 0.331 e. The number of anilines is 3. The van der Waals surface area contributed by atoms with Gasteiger partial charge in [-0.05, 0) is 48.9 Å². The van der Waals surface area contributed by atoms with E-state index in [9.17, 15) is 4.79 Å². The van der Waals surface area contributed by atoms with Crippen molar-refractivity contribution < 1.29 is 4.79 Å². The number of carbonyl (C=O) groups excluding carboxylic acids is 1. The Hall–Kier alpha value is -1.89. The number of amides is 1. The highest BCUT2D eigenvalue weighted by Gasteiger charge is 2.12. The third-order valence-electron chi connectivity index (χ3n) is 3.23. The molecule has 1 amide bonds. The average molecular weight is 423 g/mol. The van der Waals surface area contributed by atoms with Crippen molar-refractivity contribution in [2.24, 2.45) is 0 Å². The van der Waals surface area contributed by atoms with Gasteiger partial charge in [0.25, 0.3) is 5.91 Å². The Balaban J connectivity index is 1.70. The van der Waals surface area contributed by atoms with Crippen molar-refractivity contribution in [3.63, 3.8) is 0 Å². The SMILES string of the molecule is Cc1cc(NC(=O)c2csc(Nc3cccc(Cl)c3)n2)ccc1Br. The van der Waals surface area contributed by atoms with Gasteiger partial charge in [-0.15, -0.1) is 11.3 Å². The van der Waals surface area contributed by atoms with Crippen LogP contribution in [0.5, 0.6) is 0 Å². The third kappa shape index (κ3) is 4.14. The minimum absolute atomic E-state index is 0.243. The summed E-state index contributed by atoms with van der Waals surface area (Å²) in [5.74, 6) is -0.243.